The molecule has 0 unspecified atom stereocenters. The minimum atomic E-state index is 0.143. The summed E-state index contributed by atoms with van der Waals surface area (Å²) in [6.07, 6.45) is 13.3. The molecular formula is C20H35N5O. The Labute approximate surface area is 157 Å². The SMILES string of the molecule is CN(C)CCCn1ccnc1C1CCN(C(=O)NC2CCCCC2)CC1. The van der Waals surface area contributed by atoms with E-state index in [0.717, 1.165) is 58.3 Å². The fourth-order valence-electron chi connectivity index (χ4n) is 4.28. The van der Waals surface area contributed by atoms with E-state index in [4.69, 9.17) is 0 Å². The van der Waals surface area contributed by atoms with Gasteiger partial charge in [-0.15, -0.1) is 0 Å². The Balaban J connectivity index is 1.46. The highest BCUT2D eigenvalue weighted by Crippen LogP contribution is 2.27. The van der Waals surface area contributed by atoms with Crippen molar-refractivity contribution in [2.24, 2.45) is 0 Å². The van der Waals surface area contributed by atoms with Crippen LogP contribution in [0.5, 0.6) is 0 Å². The van der Waals surface area contributed by atoms with Crippen LogP contribution >= 0.6 is 0 Å². The molecule has 1 saturated carbocycles. The Hall–Kier alpha value is -1.56. The minimum Gasteiger partial charge on any atom is -0.335 e. The molecule has 2 heterocycles. The maximum absolute atomic E-state index is 12.5. The van der Waals surface area contributed by atoms with Gasteiger partial charge >= 0.3 is 6.03 Å². The molecule has 1 saturated heterocycles. The molecule has 2 fully saturated rings. The van der Waals surface area contributed by atoms with Crippen LogP contribution in [0.15, 0.2) is 12.4 Å². The molecule has 1 aromatic rings. The highest BCUT2D eigenvalue weighted by Gasteiger charge is 2.27. The summed E-state index contributed by atoms with van der Waals surface area (Å²) in [5.74, 6) is 1.68. The lowest BCUT2D eigenvalue weighted by molar-refractivity contribution is 0.173. The average Bonchev–Trinajstić information content (AvgIpc) is 3.11. The second-order valence-electron chi connectivity index (χ2n) is 8.18. The third-order valence-corrected chi connectivity index (χ3v) is 5.83. The van der Waals surface area contributed by atoms with Crippen LogP contribution in [0.25, 0.3) is 0 Å². The number of hydrogen-bond donors (Lipinski definition) is 1. The van der Waals surface area contributed by atoms with E-state index in [1.54, 1.807) is 0 Å². The predicted octanol–water partition coefficient (Wildman–Crippen LogP) is 3.06. The number of nitrogens with zero attached hydrogens (tertiary/aromatic N) is 4. The smallest absolute Gasteiger partial charge is 0.317 e. The van der Waals surface area contributed by atoms with Crippen molar-refractivity contribution in [3.63, 3.8) is 0 Å². The normalized spacial score (nSPS) is 19.9. The molecule has 2 amide bonds. The fourth-order valence-corrected chi connectivity index (χ4v) is 4.28. The monoisotopic (exact) mass is 361 g/mol. The van der Waals surface area contributed by atoms with Gasteiger partial charge in [0.2, 0.25) is 0 Å². The number of hydrogen-bond acceptors (Lipinski definition) is 3. The number of piperidine rings is 1. The summed E-state index contributed by atoms with van der Waals surface area (Å²) in [6, 6.07) is 0.536. The summed E-state index contributed by atoms with van der Waals surface area (Å²) in [6.45, 7) is 3.80. The minimum absolute atomic E-state index is 0.143. The molecule has 3 rings (SSSR count). The van der Waals surface area contributed by atoms with Crippen LogP contribution in [-0.2, 0) is 6.54 Å². The molecule has 2 aliphatic rings. The second-order valence-corrected chi connectivity index (χ2v) is 8.18. The van der Waals surface area contributed by atoms with Gasteiger partial charge in [-0.3, -0.25) is 0 Å². The number of aryl methyl sites for hydroxylation is 1. The summed E-state index contributed by atoms with van der Waals surface area (Å²) in [7, 11) is 4.23. The Morgan fingerprint density at radius 2 is 1.92 bits per heavy atom. The summed E-state index contributed by atoms with van der Waals surface area (Å²) in [5.41, 5.74) is 0. The number of urea groups is 1. The second kappa shape index (κ2) is 9.40. The Kier molecular flexibility index (Phi) is 6.94. The van der Waals surface area contributed by atoms with Gasteiger partial charge < -0.3 is 19.7 Å². The van der Waals surface area contributed by atoms with Gasteiger partial charge in [0.05, 0.1) is 0 Å². The molecule has 0 radical (unpaired) electrons. The number of rotatable bonds is 6. The topological polar surface area (TPSA) is 53.4 Å². The van der Waals surface area contributed by atoms with Gasteiger partial charge in [-0.25, -0.2) is 9.78 Å². The Morgan fingerprint density at radius 3 is 2.62 bits per heavy atom. The molecule has 26 heavy (non-hydrogen) atoms. The van der Waals surface area contributed by atoms with Crippen LogP contribution in [-0.4, -0.2) is 65.2 Å². The van der Waals surface area contributed by atoms with E-state index in [0.29, 0.717) is 12.0 Å². The van der Waals surface area contributed by atoms with Gasteiger partial charge in [-0.1, -0.05) is 19.3 Å². The Bertz CT molecular complexity index is 556. The van der Waals surface area contributed by atoms with Gasteiger partial charge in [0.1, 0.15) is 5.82 Å². The van der Waals surface area contributed by atoms with E-state index in [1.807, 2.05) is 11.1 Å². The van der Waals surface area contributed by atoms with Crippen LogP contribution < -0.4 is 5.32 Å². The van der Waals surface area contributed by atoms with Crippen molar-refractivity contribution in [3.05, 3.63) is 18.2 Å². The van der Waals surface area contributed by atoms with Gasteiger partial charge in [-0.05, 0) is 52.7 Å². The first-order chi connectivity index (χ1) is 12.6. The number of amides is 2. The zero-order valence-electron chi connectivity index (χ0n) is 16.5. The van der Waals surface area contributed by atoms with E-state index in [-0.39, 0.29) is 6.03 Å². The van der Waals surface area contributed by atoms with Crippen LogP contribution in [0.2, 0.25) is 0 Å². The van der Waals surface area contributed by atoms with Crippen molar-refractivity contribution in [1.29, 1.82) is 0 Å². The fraction of sp³-hybridized carbons (Fsp3) is 0.800. The van der Waals surface area contributed by atoms with Gasteiger partial charge in [0.15, 0.2) is 0 Å². The third-order valence-electron chi connectivity index (χ3n) is 5.83. The molecule has 1 aliphatic carbocycles. The van der Waals surface area contributed by atoms with Crippen molar-refractivity contribution in [2.45, 2.75) is 69.9 Å². The van der Waals surface area contributed by atoms with Crippen LogP contribution in [0.4, 0.5) is 4.79 Å². The lowest BCUT2D eigenvalue weighted by Gasteiger charge is -2.34. The predicted molar refractivity (Wildman–Crippen MR) is 104 cm³/mol. The zero-order chi connectivity index (χ0) is 18.4. The average molecular weight is 362 g/mol. The van der Waals surface area contributed by atoms with E-state index in [9.17, 15) is 4.79 Å². The lowest BCUT2D eigenvalue weighted by atomic mass is 9.95. The molecule has 6 heteroatoms. The van der Waals surface area contributed by atoms with Crippen molar-refractivity contribution < 1.29 is 4.79 Å². The number of carbonyl (C=O) groups excluding carboxylic acids is 1. The van der Waals surface area contributed by atoms with Gasteiger partial charge in [-0.2, -0.15) is 0 Å². The van der Waals surface area contributed by atoms with Crippen molar-refractivity contribution in [2.75, 3.05) is 33.7 Å². The van der Waals surface area contributed by atoms with Crippen molar-refractivity contribution in [1.82, 2.24) is 24.7 Å². The first-order valence-corrected chi connectivity index (χ1v) is 10.3. The number of carbonyl (C=O) groups is 1. The van der Waals surface area contributed by atoms with Gasteiger partial charge in [0.25, 0.3) is 0 Å². The molecule has 0 atom stereocenters. The summed E-state index contributed by atoms with van der Waals surface area (Å²) in [5, 5.41) is 3.25. The summed E-state index contributed by atoms with van der Waals surface area (Å²) >= 11 is 0. The summed E-state index contributed by atoms with van der Waals surface area (Å²) in [4.78, 5) is 21.4. The molecule has 0 spiro atoms. The van der Waals surface area contributed by atoms with E-state index in [1.165, 1.54) is 25.1 Å². The highest BCUT2D eigenvalue weighted by atomic mass is 16.2. The Morgan fingerprint density at radius 1 is 1.19 bits per heavy atom. The van der Waals surface area contributed by atoms with Crippen molar-refractivity contribution in [3.8, 4) is 0 Å². The number of likely N-dealkylation sites (tertiary alicyclic amines) is 1. The number of imidazole rings is 1. The molecule has 1 aromatic heterocycles. The van der Waals surface area contributed by atoms with E-state index in [2.05, 4.69) is 40.1 Å². The first kappa shape index (κ1) is 19.2. The number of nitrogens with one attached hydrogen (secondary N) is 1. The highest BCUT2D eigenvalue weighted by molar-refractivity contribution is 5.74. The largest absolute Gasteiger partial charge is 0.335 e. The van der Waals surface area contributed by atoms with Crippen LogP contribution in [0.1, 0.15) is 63.1 Å². The molecular weight excluding hydrogens is 326 g/mol. The van der Waals surface area contributed by atoms with Crippen LogP contribution in [0.3, 0.4) is 0 Å². The molecule has 1 aliphatic heterocycles. The first-order valence-electron chi connectivity index (χ1n) is 10.3. The standard InChI is InChI=1S/C20H35N5O/c1-23(2)12-6-13-24-16-11-21-19(24)17-9-14-25(15-10-17)20(26)22-18-7-4-3-5-8-18/h11,16-18H,3-10,12-15H2,1-2H3,(H,22,26). The quantitative estimate of drug-likeness (QED) is 0.847. The van der Waals surface area contributed by atoms with Crippen molar-refractivity contribution >= 4 is 6.03 Å². The third kappa shape index (κ3) is 5.22. The summed E-state index contributed by atoms with van der Waals surface area (Å²) < 4.78 is 2.31. The lowest BCUT2D eigenvalue weighted by Crippen LogP contribution is -2.48. The molecule has 6 nitrogen and oxygen atoms in total. The molecule has 1 N–H and O–H groups in total. The van der Waals surface area contributed by atoms with E-state index < -0.39 is 0 Å². The van der Waals surface area contributed by atoms with Crippen LogP contribution in [0, 0.1) is 0 Å². The van der Waals surface area contributed by atoms with Gasteiger partial charge in [0, 0.05) is 44.0 Å². The maximum Gasteiger partial charge on any atom is 0.317 e. The molecule has 0 aromatic carbocycles. The number of aromatic nitrogens is 2. The van der Waals surface area contributed by atoms with E-state index >= 15 is 0 Å². The maximum atomic E-state index is 12.5. The zero-order valence-corrected chi connectivity index (χ0v) is 16.5. The molecule has 0 bridgehead atoms. The molecule has 146 valence electrons.